The maximum atomic E-state index is 9.23. The van der Waals surface area contributed by atoms with Gasteiger partial charge in [0.2, 0.25) is 0 Å². The van der Waals surface area contributed by atoms with E-state index in [0.29, 0.717) is 5.92 Å². The lowest BCUT2D eigenvalue weighted by molar-refractivity contribution is 0.401. The van der Waals surface area contributed by atoms with E-state index >= 15 is 0 Å². The topological polar surface area (TPSA) is 66.5 Å². The molecule has 3 heteroatoms. The SMILES string of the molecule is CC(C)[C@@H](N)c1ccc(O)c(O)c1. The zero-order chi connectivity index (χ0) is 10.0. The van der Waals surface area contributed by atoms with Gasteiger partial charge in [0.25, 0.3) is 0 Å². The van der Waals surface area contributed by atoms with Gasteiger partial charge in [-0.1, -0.05) is 19.9 Å². The molecule has 0 spiro atoms. The normalized spacial score (nSPS) is 13.2. The van der Waals surface area contributed by atoms with Crippen LogP contribution in [0.4, 0.5) is 0 Å². The van der Waals surface area contributed by atoms with E-state index in [4.69, 9.17) is 10.8 Å². The first-order valence-corrected chi connectivity index (χ1v) is 4.30. The molecule has 0 amide bonds. The molecular formula is C10H15NO2. The molecule has 1 rings (SSSR count). The van der Waals surface area contributed by atoms with Crippen LogP contribution in [0.3, 0.4) is 0 Å². The van der Waals surface area contributed by atoms with E-state index < -0.39 is 0 Å². The van der Waals surface area contributed by atoms with Crippen LogP contribution in [-0.4, -0.2) is 10.2 Å². The van der Waals surface area contributed by atoms with Gasteiger partial charge in [0.15, 0.2) is 11.5 Å². The Balaban J connectivity index is 2.97. The third-order valence-corrected chi connectivity index (χ3v) is 2.10. The minimum atomic E-state index is -0.117. The van der Waals surface area contributed by atoms with Crippen molar-refractivity contribution in [1.29, 1.82) is 0 Å². The smallest absolute Gasteiger partial charge is 0.157 e. The van der Waals surface area contributed by atoms with Crippen LogP contribution in [0.25, 0.3) is 0 Å². The summed E-state index contributed by atoms with van der Waals surface area (Å²) in [5.74, 6) is 0.0808. The molecule has 0 saturated heterocycles. The van der Waals surface area contributed by atoms with Crippen LogP contribution in [-0.2, 0) is 0 Å². The predicted octanol–water partition coefficient (Wildman–Crippen LogP) is 1.75. The van der Waals surface area contributed by atoms with Crippen LogP contribution in [0.15, 0.2) is 18.2 Å². The van der Waals surface area contributed by atoms with E-state index in [9.17, 15) is 5.11 Å². The molecule has 3 nitrogen and oxygen atoms in total. The van der Waals surface area contributed by atoms with Gasteiger partial charge < -0.3 is 15.9 Å². The average Bonchev–Trinajstić information content (AvgIpc) is 2.08. The van der Waals surface area contributed by atoms with E-state index in [-0.39, 0.29) is 17.5 Å². The van der Waals surface area contributed by atoms with Crippen LogP contribution < -0.4 is 5.73 Å². The molecule has 0 aliphatic carbocycles. The molecule has 1 atom stereocenters. The van der Waals surface area contributed by atoms with E-state index in [1.54, 1.807) is 6.07 Å². The van der Waals surface area contributed by atoms with Crippen LogP contribution in [0.2, 0.25) is 0 Å². The Morgan fingerprint density at radius 2 is 1.77 bits per heavy atom. The molecule has 1 aromatic rings. The first-order valence-electron chi connectivity index (χ1n) is 4.30. The largest absolute Gasteiger partial charge is 0.504 e. The van der Waals surface area contributed by atoms with Crippen LogP contribution in [0, 0.1) is 5.92 Å². The van der Waals surface area contributed by atoms with Crippen molar-refractivity contribution in [1.82, 2.24) is 0 Å². The van der Waals surface area contributed by atoms with Gasteiger partial charge in [0.05, 0.1) is 0 Å². The van der Waals surface area contributed by atoms with Gasteiger partial charge in [-0.05, 0) is 23.6 Å². The fraction of sp³-hybridized carbons (Fsp3) is 0.400. The number of hydrogen-bond acceptors (Lipinski definition) is 3. The van der Waals surface area contributed by atoms with Gasteiger partial charge in [0, 0.05) is 6.04 Å². The molecule has 1 aromatic carbocycles. The minimum Gasteiger partial charge on any atom is -0.504 e. The van der Waals surface area contributed by atoms with Gasteiger partial charge in [0.1, 0.15) is 0 Å². The van der Waals surface area contributed by atoms with Crippen molar-refractivity contribution in [3.8, 4) is 11.5 Å². The van der Waals surface area contributed by atoms with E-state index in [2.05, 4.69) is 0 Å². The van der Waals surface area contributed by atoms with E-state index in [1.165, 1.54) is 12.1 Å². The Kier molecular flexibility index (Phi) is 2.78. The highest BCUT2D eigenvalue weighted by Gasteiger charge is 2.11. The molecule has 0 radical (unpaired) electrons. The number of rotatable bonds is 2. The molecule has 0 fully saturated rings. The summed E-state index contributed by atoms with van der Waals surface area (Å²) < 4.78 is 0. The lowest BCUT2D eigenvalue weighted by Gasteiger charge is -2.16. The van der Waals surface area contributed by atoms with Crippen LogP contribution in [0.1, 0.15) is 25.5 Å². The molecule has 0 aromatic heterocycles. The van der Waals surface area contributed by atoms with Crippen molar-refractivity contribution in [2.24, 2.45) is 11.7 Å². The molecule has 0 heterocycles. The van der Waals surface area contributed by atoms with Gasteiger partial charge in [-0.2, -0.15) is 0 Å². The Morgan fingerprint density at radius 3 is 2.23 bits per heavy atom. The zero-order valence-electron chi connectivity index (χ0n) is 7.86. The van der Waals surface area contributed by atoms with Crippen molar-refractivity contribution < 1.29 is 10.2 Å². The molecule has 0 bridgehead atoms. The lowest BCUT2D eigenvalue weighted by Crippen LogP contribution is -2.16. The summed E-state index contributed by atoms with van der Waals surface area (Å²) in [6.07, 6.45) is 0. The standard InChI is InChI=1S/C10H15NO2/c1-6(2)10(11)7-3-4-8(12)9(13)5-7/h3-6,10,12-13H,11H2,1-2H3/t10-/m1/s1. The quantitative estimate of drug-likeness (QED) is 0.609. The third-order valence-electron chi connectivity index (χ3n) is 2.10. The van der Waals surface area contributed by atoms with E-state index in [1.807, 2.05) is 13.8 Å². The Bertz CT molecular complexity index is 297. The fourth-order valence-corrected chi connectivity index (χ4v) is 1.13. The number of benzene rings is 1. The number of nitrogens with two attached hydrogens (primary N) is 1. The van der Waals surface area contributed by atoms with Gasteiger partial charge in [-0.15, -0.1) is 0 Å². The number of phenolic OH excluding ortho intramolecular Hbond substituents is 2. The maximum Gasteiger partial charge on any atom is 0.157 e. The molecule has 13 heavy (non-hydrogen) atoms. The minimum absolute atomic E-state index is 0.105. The van der Waals surface area contributed by atoms with Crippen molar-refractivity contribution in [2.45, 2.75) is 19.9 Å². The summed E-state index contributed by atoms with van der Waals surface area (Å²) in [5.41, 5.74) is 6.70. The highest BCUT2D eigenvalue weighted by molar-refractivity contribution is 5.41. The van der Waals surface area contributed by atoms with Gasteiger partial charge in [-0.25, -0.2) is 0 Å². The van der Waals surface area contributed by atoms with Crippen molar-refractivity contribution >= 4 is 0 Å². The molecule has 0 unspecified atom stereocenters. The molecule has 0 aliphatic rings. The molecular weight excluding hydrogens is 166 g/mol. The summed E-state index contributed by atoms with van der Waals surface area (Å²) in [5, 5.41) is 18.3. The maximum absolute atomic E-state index is 9.23. The summed E-state index contributed by atoms with van der Waals surface area (Å²) >= 11 is 0. The summed E-state index contributed by atoms with van der Waals surface area (Å²) in [6.45, 7) is 4.02. The second kappa shape index (κ2) is 3.66. The van der Waals surface area contributed by atoms with Gasteiger partial charge >= 0.3 is 0 Å². The molecule has 0 saturated carbocycles. The van der Waals surface area contributed by atoms with Crippen molar-refractivity contribution in [3.63, 3.8) is 0 Å². The van der Waals surface area contributed by atoms with E-state index in [0.717, 1.165) is 5.56 Å². The highest BCUT2D eigenvalue weighted by atomic mass is 16.3. The molecule has 0 aliphatic heterocycles. The number of aromatic hydroxyl groups is 2. The second-order valence-electron chi connectivity index (χ2n) is 3.52. The molecule has 4 N–H and O–H groups in total. The number of hydrogen-bond donors (Lipinski definition) is 3. The Labute approximate surface area is 77.8 Å². The van der Waals surface area contributed by atoms with Crippen LogP contribution in [0.5, 0.6) is 11.5 Å². The van der Waals surface area contributed by atoms with Crippen molar-refractivity contribution in [3.05, 3.63) is 23.8 Å². The van der Waals surface area contributed by atoms with Gasteiger partial charge in [-0.3, -0.25) is 0 Å². The second-order valence-corrected chi connectivity index (χ2v) is 3.52. The predicted molar refractivity (Wildman–Crippen MR) is 51.5 cm³/mol. The summed E-state index contributed by atoms with van der Waals surface area (Å²) in [7, 11) is 0. The van der Waals surface area contributed by atoms with Crippen LogP contribution >= 0.6 is 0 Å². The Hall–Kier alpha value is -1.22. The summed E-state index contributed by atoms with van der Waals surface area (Å²) in [4.78, 5) is 0. The summed E-state index contributed by atoms with van der Waals surface area (Å²) in [6, 6.07) is 4.57. The highest BCUT2D eigenvalue weighted by Crippen LogP contribution is 2.29. The molecule has 72 valence electrons. The Morgan fingerprint density at radius 1 is 1.15 bits per heavy atom. The third kappa shape index (κ3) is 2.12. The lowest BCUT2D eigenvalue weighted by atomic mass is 9.97. The first-order chi connectivity index (χ1) is 6.02. The zero-order valence-corrected chi connectivity index (χ0v) is 7.86. The first kappa shape index (κ1) is 9.86. The number of phenols is 2. The van der Waals surface area contributed by atoms with Crippen molar-refractivity contribution in [2.75, 3.05) is 0 Å². The average molecular weight is 181 g/mol. The monoisotopic (exact) mass is 181 g/mol. The fourth-order valence-electron chi connectivity index (χ4n) is 1.13.